The van der Waals surface area contributed by atoms with Crippen molar-refractivity contribution in [1.29, 1.82) is 0 Å². The van der Waals surface area contributed by atoms with Crippen LogP contribution in [0.2, 0.25) is 0 Å². The first-order valence-corrected chi connectivity index (χ1v) is 9.14. The van der Waals surface area contributed by atoms with Gasteiger partial charge >= 0.3 is 8.25 Å². The Hall–Kier alpha value is -0.0800. The zero-order chi connectivity index (χ0) is 15.0. The van der Waals surface area contributed by atoms with Gasteiger partial charge in [-0.25, -0.2) is 0 Å². The van der Waals surface area contributed by atoms with Gasteiger partial charge in [0.2, 0.25) is 0 Å². The molecule has 0 aromatic heterocycles. The summed E-state index contributed by atoms with van der Waals surface area (Å²) in [5, 5.41) is 7.42. The number of carbonyl (C=O) groups is 1. The topological polar surface area (TPSA) is 94.8 Å². The third-order valence-electron chi connectivity index (χ3n) is 1.62. The van der Waals surface area contributed by atoms with Crippen LogP contribution in [-0.2, 0) is 9.36 Å². The highest BCUT2D eigenvalue weighted by molar-refractivity contribution is 7.57. The van der Waals surface area contributed by atoms with E-state index < -0.39 is 14.2 Å². The summed E-state index contributed by atoms with van der Waals surface area (Å²) in [4.78, 5) is 23.2. The second-order valence-corrected chi connectivity index (χ2v) is 6.80. The van der Waals surface area contributed by atoms with Crippen LogP contribution in [0.15, 0.2) is 0 Å². The molecule has 0 radical (unpaired) electrons. The summed E-state index contributed by atoms with van der Waals surface area (Å²) >= 11 is 0. The van der Waals surface area contributed by atoms with E-state index in [4.69, 9.17) is 24.3 Å². The van der Waals surface area contributed by atoms with Gasteiger partial charge in [0, 0.05) is 11.5 Å². The molecule has 0 atom stereocenters. The van der Waals surface area contributed by atoms with Crippen LogP contribution in [0.25, 0.3) is 0 Å². The van der Waals surface area contributed by atoms with Crippen molar-refractivity contribution in [3.63, 3.8) is 0 Å². The lowest BCUT2D eigenvalue weighted by Crippen LogP contribution is -1.92. The van der Waals surface area contributed by atoms with E-state index >= 15 is 0 Å². The van der Waals surface area contributed by atoms with Crippen LogP contribution in [0.1, 0.15) is 47.0 Å². The van der Waals surface area contributed by atoms with Gasteiger partial charge in [0.15, 0.2) is 0 Å². The SMILES string of the molecule is CC(=O)O.CCCP(CCC)CCC.O=[P+](O)O. The Balaban J connectivity index is -0.000000233. The molecule has 7 heteroatoms. The maximum absolute atomic E-state index is 9.00. The first-order valence-electron chi connectivity index (χ1n) is 6.08. The van der Waals surface area contributed by atoms with Crippen LogP contribution < -0.4 is 0 Å². The average Bonchev–Trinajstić information content (AvgIpc) is 2.17. The van der Waals surface area contributed by atoms with Crippen LogP contribution >= 0.6 is 16.2 Å². The fraction of sp³-hybridized carbons (Fsp3) is 0.909. The minimum absolute atomic E-state index is 0.439. The summed E-state index contributed by atoms with van der Waals surface area (Å²) < 4.78 is 8.70. The number of aliphatic carboxylic acids is 1. The molecule has 0 rings (SSSR count). The number of hydrogen-bond donors (Lipinski definition) is 3. The van der Waals surface area contributed by atoms with Crippen molar-refractivity contribution in [2.45, 2.75) is 47.0 Å². The molecular weight excluding hydrogens is 274 g/mol. The lowest BCUT2D eigenvalue weighted by molar-refractivity contribution is -0.134. The fourth-order valence-corrected chi connectivity index (χ4v) is 3.85. The molecule has 0 aromatic carbocycles. The molecule has 0 heterocycles. The number of hydrogen-bond acceptors (Lipinski definition) is 2. The number of carboxylic acid groups (broad SMARTS) is 1. The maximum Gasteiger partial charge on any atom is 0.692 e. The molecule has 0 bridgehead atoms. The van der Waals surface area contributed by atoms with Gasteiger partial charge < -0.3 is 5.11 Å². The Morgan fingerprint density at radius 1 is 1.00 bits per heavy atom. The van der Waals surface area contributed by atoms with E-state index in [9.17, 15) is 0 Å². The highest BCUT2D eigenvalue weighted by atomic mass is 31.1. The molecule has 0 aliphatic carbocycles. The second kappa shape index (κ2) is 19.3. The Morgan fingerprint density at radius 2 is 1.17 bits per heavy atom. The van der Waals surface area contributed by atoms with E-state index in [1.807, 2.05) is 0 Å². The molecule has 0 saturated heterocycles. The third-order valence-corrected chi connectivity index (χ3v) is 4.86. The summed E-state index contributed by atoms with van der Waals surface area (Å²) in [6.07, 6.45) is 8.72. The molecule has 0 unspecified atom stereocenters. The molecule has 0 aliphatic rings. The summed E-state index contributed by atoms with van der Waals surface area (Å²) in [7, 11) is -2.43. The van der Waals surface area contributed by atoms with E-state index in [1.165, 1.54) is 37.7 Å². The zero-order valence-electron chi connectivity index (χ0n) is 11.8. The maximum atomic E-state index is 9.00. The van der Waals surface area contributed by atoms with Crippen molar-refractivity contribution < 1.29 is 24.3 Å². The van der Waals surface area contributed by atoms with E-state index in [-0.39, 0.29) is 0 Å². The lowest BCUT2D eigenvalue weighted by Gasteiger charge is -2.13. The molecule has 110 valence electrons. The number of rotatable bonds is 6. The largest absolute Gasteiger partial charge is 0.692 e. The van der Waals surface area contributed by atoms with Gasteiger partial charge in [0.05, 0.1) is 0 Å². The minimum atomic E-state index is -2.87. The summed E-state index contributed by atoms with van der Waals surface area (Å²) in [5.41, 5.74) is 0. The Labute approximate surface area is 112 Å². The molecule has 5 nitrogen and oxygen atoms in total. The smallest absolute Gasteiger partial charge is 0.481 e. The first-order chi connectivity index (χ1) is 8.31. The van der Waals surface area contributed by atoms with E-state index in [2.05, 4.69) is 20.8 Å². The fourth-order valence-electron chi connectivity index (χ4n) is 1.28. The average molecular weight is 301 g/mol. The predicted molar refractivity (Wildman–Crippen MR) is 77.7 cm³/mol. The second-order valence-electron chi connectivity index (χ2n) is 3.61. The van der Waals surface area contributed by atoms with Crippen LogP contribution in [0, 0.1) is 0 Å². The van der Waals surface area contributed by atoms with Crippen molar-refractivity contribution in [3.8, 4) is 0 Å². The van der Waals surface area contributed by atoms with E-state index in [0.29, 0.717) is 7.92 Å². The van der Waals surface area contributed by atoms with Gasteiger partial charge in [-0.15, -0.1) is 17.7 Å². The van der Waals surface area contributed by atoms with Gasteiger partial charge in [-0.3, -0.25) is 4.79 Å². The first kappa shape index (κ1) is 23.0. The van der Waals surface area contributed by atoms with Gasteiger partial charge in [-0.2, -0.15) is 0 Å². The monoisotopic (exact) mass is 301 g/mol. The Kier molecular flexibility index (Phi) is 24.7. The molecule has 0 saturated carbocycles. The van der Waals surface area contributed by atoms with Crippen LogP contribution in [-0.4, -0.2) is 39.3 Å². The summed E-state index contributed by atoms with van der Waals surface area (Å²) in [6.45, 7) is 8.00. The summed E-state index contributed by atoms with van der Waals surface area (Å²) in [6, 6.07) is 0. The van der Waals surface area contributed by atoms with E-state index in [1.54, 1.807) is 0 Å². The van der Waals surface area contributed by atoms with Gasteiger partial charge in [0.25, 0.3) is 5.97 Å². The zero-order valence-corrected chi connectivity index (χ0v) is 13.6. The molecule has 3 N–H and O–H groups in total. The molecule has 0 fully saturated rings. The standard InChI is InChI=1S/C9H21P.C2H4O2.HO3P/c1-4-7-10(8-5-2)9-6-3;1-2(3)4;1-4(2)3/h4-9H2,1-3H3;1H3,(H,3,4);(H-,1,2,3)/p+1. The molecule has 0 aliphatic heterocycles. The number of carboxylic acids is 1. The summed E-state index contributed by atoms with van der Waals surface area (Å²) in [5.74, 6) is -0.833. The molecular formula is C11H27O5P2+. The third kappa shape index (κ3) is 44.5. The van der Waals surface area contributed by atoms with Crippen molar-refractivity contribution in [2.24, 2.45) is 0 Å². The molecule has 18 heavy (non-hydrogen) atoms. The van der Waals surface area contributed by atoms with Crippen LogP contribution in [0.3, 0.4) is 0 Å². The molecule has 0 aromatic rings. The Morgan fingerprint density at radius 3 is 1.28 bits per heavy atom. The van der Waals surface area contributed by atoms with Crippen molar-refractivity contribution >= 4 is 22.1 Å². The van der Waals surface area contributed by atoms with E-state index in [0.717, 1.165) is 6.92 Å². The normalized spacial score (nSPS) is 8.83. The van der Waals surface area contributed by atoms with Gasteiger partial charge in [-0.1, -0.05) is 40.0 Å². The minimum Gasteiger partial charge on any atom is -0.481 e. The lowest BCUT2D eigenvalue weighted by atomic mass is 10.6. The van der Waals surface area contributed by atoms with Crippen molar-refractivity contribution in [1.82, 2.24) is 0 Å². The predicted octanol–water partition coefficient (Wildman–Crippen LogP) is 3.42. The van der Waals surface area contributed by atoms with Crippen LogP contribution in [0.5, 0.6) is 0 Å². The highest BCUT2D eigenvalue weighted by Gasteiger charge is 2.02. The quantitative estimate of drug-likeness (QED) is 0.653. The van der Waals surface area contributed by atoms with Crippen LogP contribution in [0.4, 0.5) is 0 Å². The van der Waals surface area contributed by atoms with Gasteiger partial charge in [-0.05, 0) is 18.5 Å². The molecule has 0 amide bonds. The molecule has 0 spiro atoms. The van der Waals surface area contributed by atoms with Crippen molar-refractivity contribution in [3.05, 3.63) is 0 Å². The Bertz CT molecular complexity index is 166. The highest BCUT2D eigenvalue weighted by Crippen LogP contribution is 2.37. The van der Waals surface area contributed by atoms with Gasteiger partial charge in [0.1, 0.15) is 0 Å². The van der Waals surface area contributed by atoms with Crippen molar-refractivity contribution in [2.75, 3.05) is 18.5 Å².